The lowest BCUT2D eigenvalue weighted by Gasteiger charge is -2.14. The maximum atomic E-state index is 13.5. The van der Waals surface area contributed by atoms with E-state index >= 15 is 0 Å². The van der Waals surface area contributed by atoms with E-state index < -0.39 is 5.82 Å². The number of methoxy groups -OCH3 is 2. The fourth-order valence-corrected chi connectivity index (χ4v) is 2.46. The van der Waals surface area contributed by atoms with Crippen LogP contribution in [0.1, 0.15) is 12.0 Å². The van der Waals surface area contributed by atoms with Crippen molar-refractivity contribution in [2.24, 2.45) is 0 Å². The van der Waals surface area contributed by atoms with Crippen LogP contribution >= 0.6 is 12.2 Å². The lowest BCUT2D eigenvalue weighted by Crippen LogP contribution is -2.43. The number of benzene rings is 2. The van der Waals surface area contributed by atoms with Crippen LogP contribution < -0.4 is 25.6 Å². The van der Waals surface area contributed by atoms with Gasteiger partial charge in [-0.3, -0.25) is 15.6 Å². The molecule has 0 aromatic heterocycles. The zero-order chi connectivity index (χ0) is 18.9. The number of nitrogens with one attached hydrogen (secondary N) is 3. The van der Waals surface area contributed by atoms with Crippen LogP contribution in [0.4, 0.5) is 10.1 Å². The maximum absolute atomic E-state index is 13.5. The van der Waals surface area contributed by atoms with Crippen LogP contribution in [0.2, 0.25) is 0 Å². The van der Waals surface area contributed by atoms with Crippen LogP contribution in [0.15, 0.2) is 42.5 Å². The van der Waals surface area contributed by atoms with Gasteiger partial charge < -0.3 is 14.8 Å². The highest BCUT2D eigenvalue weighted by Crippen LogP contribution is 2.31. The minimum Gasteiger partial charge on any atom is -0.493 e. The van der Waals surface area contributed by atoms with E-state index in [0.717, 1.165) is 5.56 Å². The quantitative estimate of drug-likeness (QED) is 0.531. The number of carbonyl (C=O) groups excluding carboxylic acids is 1. The second kappa shape index (κ2) is 9.57. The van der Waals surface area contributed by atoms with Gasteiger partial charge in [-0.15, -0.1) is 0 Å². The van der Waals surface area contributed by atoms with E-state index in [1.165, 1.54) is 6.07 Å². The van der Waals surface area contributed by atoms with Crippen molar-refractivity contribution in [3.63, 3.8) is 0 Å². The smallest absolute Gasteiger partial charge is 0.238 e. The average molecular weight is 377 g/mol. The van der Waals surface area contributed by atoms with E-state index in [2.05, 4.69) is 16.2 Å². The third-order valence-electron chi connectivity index (χ3n) is 3.54. The van der Waals surface area contributed by atoms with Crippen LogP contribution in [0.5, 0.6) is 11.5 Å². The Balaban J connectivity index is 1.82. The van der Waals surface area contributed by atoms with Crippen molar-refractivity contribution in [1.82, 2.24) is 10.9 Å². The summed E-state index contributed by atoms with van der Waals surface area (Å²) in [5.74, 6) is 0.506. The molecule has 1 amide bonds. The number of carbonyl (C=O) groups is 1. The summed E-state index contributed by atoms with van der Waals surface area (Å²) in [5.41, 5.74) is 6.09. The first-order valence-corrected chi connectivity index (χ1v) is 8.26. The molecule has 0 saturated carbocycles. The van der Waals surface area contributed by atoms with E-state index in [9.17, 15) is 9.18 Å². The van der Waals surface area contributed by atoms with Crippen molar-refractivity contribution >= 4 is 28.9 Å². The van der Waals surface area contributed by atoms with E-state index in [1.807, 2.05) is 12.1 Å². The SMILES string of the molecule is COc1cccc(CCC(=O)NNC(=S)Nc2ccccc2F)c1OC. The van der Waals surface area contributed by atoms with Crippen LogP contribution in [-0.2, 0) is 11.2 Å². The van der Waals surface area contributed by atoms with Crippen molar-refractivity contribution in [3.05, 3.63) is 53.8 Å². The number of hydrazine groups is 1. The Hall–Kier alpha value is -2.87. The number of hydrogen-bond acceptors (Lipinski definition) is 4. The average Bonchev–Trinajstić information content (AvgIpc) is 2.66. The first-order valence-electron chi connectivity index (χ1n) is 7.85. The van der Waals surface area contributed by atoms with E-state index in [4.69, 9.17) is 21.7 Å². The summed E-state index contributed by atoms with van der Waals surface area (Å²) in [6.07, 6.45) is 0.667. The van der Waals surface area contributed by atoms with Gasteiger partial charge in [0.1, 0.15) is 5.82 Å². The van der Waals surface area contributed by atoms with E-state index in [1.54, 1.807) is 38.5 Å². The van der Waals surface area contributed by atoms with Crippen LogP contribution in [0.25, 0.3) is 0 Å². The molecule has 2 aromatic rings. The van der Waals surface area contributed by atoms with Gasteiger partial charge in [-0.05, 0) is 42.4 Å². The molecule has 0 bridgehead atoms. The van der Waals surface area contributed by atoms with Crippen molar-refractivity contribution in [2.75, 3.05) is 19.5 Å². The van der Waals surface area contributed by atoms with Crippen molar-refractivity contribution < 1.29 is 18.7 Å². The number of rotatable bonds is 6. The Kier molecular flexibility index (Phi) is 7.16. The summed E-state index contributed by atoms with van der Waals surface area (Å²) in [5, 5.41) is 2.75. The highest BCUT2D eigenvalue weighted by molar-refractivity contribution is 7.80. The van der Waals surface area contributed by atoms with Gasteiger partial charge in [-0.1, -0.05) is 24.3 Å². The number of para-hydroxylation sites is 2. The predicted octanol–water partition coefficient (Wildman–Crippen LogP) is 2.79. The predicted molar refractivity (Wildman–Crippen MR) is 102 cm³/mol. The Morgan fingerprint density at radius 1 is 1.08 bits per heavy atom. The van der Waals surface area contributed by atoms with Gasteiger partial charge in [0.25, 0.3) is 0 Å². The summed E-state index contributed by atoms with van der Waals surface area (Å²) in [6.45, 7) is 0. The number of ether oxygens (including phenoxy) is 2. The fourth-order valence-electron chi connectivity index (χ4n) is 2.30. The van der Waals surface area contributed by atoms with Crippen LogP contribution in [0.3, 0.4) is 0 Å². The molecule has 138 valence electrons. The van der Waals surface area contributed by atoms with Crippen molar-refractivity contribution in [1.29, 1.82) is 0 Å². The second-order valence-electron chi connectivity index (χ2n) is 5.26. The molecule has 3 N–H and O–H groups in total. The van der Waals surface area contributed by atoms with Crippen molar-refractivity contribution in [3.8, 4) is 11.5 Å². The third kappa shape index (κ3) is 5.32. The Labute approximate surface area is 156 Å². The van der Waals surface area contributed by atoms with Gasteiger partial charge in [0.2, 0.25) is 5.91 Å². The molecule has 2 aromatic carbocycles. The molecule has 0 aliphatic carbocycles. The molecule has 0 spiro atoms. The Morgan fingerprint density at radius 2 is 1.85 bits per heavy atom. The molecule has 6 nitrogen and oxygen atoms in total. The summed E-state index contributed by atoms with van der Waals surface area (Å²) < 4.78 is 24.1. The highest BCUT2D eigenvalue weighted by Gasteiger charge is 2.11. The monoisotopic (exact) mass is 377 g/mol. The van der Waals surface area contributed by atoms with Gasteiger partial charge >= 0.3 is 0 Å². The summed E-state index contributed by atoms with van der Waals surface area (Å²) >= 11 is 5.02. The molecule has 0 fully saturated rings. The van der Waals surface area contributed by atoms with Gasteiger partial charge in [0, 0.05) is 6.42 Å². The summed E-state index contributed by atoms with van der Waals surface area (Å²) in [6, 6.07) is 11.6. The number of amides is 1. The number of aryl methyl sites for hydroxylation is 1. The number of anilines is 1. The molecule has 0 aliphatic heterocycles. The molecular weight excluding hydrogens is 357 g/mol. The zero-order valence-corrected chi connectivity index (χ0v) is 15.3. The molecule has 0 heterocycles. The Bertz CT molecular complexity index is 786. The lowest BCUT2D eigenvalue weighted by molar-refractivity contribution is -0.121. The maximum Gasteiger partial charge on any atom is 0.238 e. The molecule has 2 rings (SSSR count). The summed E-state index contributed by atoms with van der Waals surface area (Å²) in [7, 11) is 3.11. The lowest BCUT2D eigenvalue weighted by atomic mass is 10.1. The van der Waals surface area contributed by atoms with Crippen LogP contribution in [0, 0.1) is 5.82 Å². The fraction of sp³-hybridized carbons (Fsp3) is 0.222. The first-order chi connectivity index (χ1) is 12.5. The van der Waals surface area contributed by atoms with Gasteiger partial charge in [-0.25, -0.2) is 4.39 Å². The molecule has 0 atom stereocenters. The van der Waals surface area contributed by atoms with Gasteiger partial charge in [0.05, 0.1) is 19.9 Å². The minimum absolute atomic E-state index is 0.0856. The largest absolute Gasteiger partial charge is 0.493 e. The molecular formula is C18H20FN3O3S. The van der Waals surface area contributed by atoms with E-state index in [0.29, 0.717) is 17.9 Å². The molecule has 0 unspecified atom stereocenters. The highest BCUT2D eigenvalue weighted by atomic mass is 32.1. The molecule has 0 aliphatic rings. The molecule has 8 heteroatoms. The third-order valence-corrected chi connectivity index (χ3v) is 3.75. The van der Waals surface area contributed by atoms with Crippen molar-refractivity contribution in [2.45, 2.75) is 12.8 Å². The van der Waals surface area contributed by atoms with E-state index in [-0.39, 0.29) is 23.1 Å². The zero-order valence-electron chi connectivity index (χ0n) is 14.5. The molecule has 0 saturated heterocycles. The minimum atomic E-state index is -0.437. The number of halogens is 1. The second-order valence-corrected chi connectivity index (χ2v) is 5.67. The topological polar surface area (TPSA) is 71.6 Å². The first kappa shape index (κ1) is 19.5. The Morgan fingerprint density at radius 3 is 2.54 bits per heavy atom. The van der Waals surface area contributed by atoms with Gasteiger partial charge in [-0.2, -0.15) is 0 Å². The molecule has 26 heavy (non-hydrogen) atoms. The standard InChI is InChI=1S/C18H20FN3O3S/c1-24-15-9-5-6-12(17(15)25-2)10-11-16(23)21-22-18(26)20-14-8-4-3-7-13(14)19/h3-9H,10-11H2,1-2H3,(H,21,23)(H2,20,22,26). The number of hydrogen-bond donors (Lipinski definition) is 3. The number of thiocarbonyl (C=S) groups is 1. The van der Waals surface area contributed by atoms with Crippen LogP contribution in [-0.4, -0.2) is 25.2 Å². The summed E-state index contributed by atoms with van der Waals surface area (Å²) in [4.78, 5) is 12.0. The normalized spacial score (nSPS) is 9.96. The van der Waals surface area contributed by atoms with Gasteiger partial charge in [0.15, 0.2) is 16.6 Å². The molecule has 0 radical (unpaired) electrons.